The van der Waals surface area contributed by atoms with E-state index in [1.165, 1.54) is 12.1 Å². The normalized spacial score (nSPS) is 10.1. The summed E-state index contributed by atoms with van der Waals surface area (Å²) < 4.78 is 0.750. The first kappa shape index (κ1) is 14.3. The number of aromatic carboxylic acids is 1. The van der Waals surface area contributed by atoms with Crippen molar-refractivity contribution in [3.63, 3.8) is 0 Å². The van der Waals surface area contributed by atoms with Crippen molar-refractivity contribution in [2.45, 2.75) is 0 Å². The third-order valence-corrected chi connectivity index (χ3v) is 3.53. The minimum Gasteiger partial charge on any atom is -0.872 e. The van der Waals surface area contributed by atoms with Crippen molar-refractivity contribution >= 4 is 40.2 Å². The van der Waals surface area contributed by atoms with Crippen molar-refractivity contribution in [3.05, 3.63) is 57.2 Å². The summed E-state index contributed by atoms with van der Waals surface area (Å²) in [5.41, 5.74) is 0.314. The van der Waals surface area contributed by atoms with Gasteiger partial charge in [-0.1, -0.05) is 24.3 Å². The Morgan fingerprint density at radius 3 is 2.45 bits per heavy atom. The minimum atomic E-state index is -1.26. The molecule has 2 aromatic rings. The molecule has 0 aliphatic heterocycles. The molecule has 6 heteroatoms. The first-order valence-electron chi connectivity index (χ1n) is 5.59. The number of carboxylic acids is 1. The molecule has 0 aromatic heterocycles. The lowest BCUT2D eigenvalue weighted by Crippen LogP contribution is -2.16. The second-order valence-corrected chi connectivity index (χ2v) is 5.11. The van der Waals surface area contributed by atoms with Crippen LogP contribution >= 0.6 is 22.6 Å². The maximum atomic E-state index is 12.1. The molecule has 2 rings (SSSR count). The standard InChI is InChI=1S/C14H10INO4/c15-11-4-2-1-3-9(11)13(18)16-12-6-5-8(17)7-10(12)14(19)20/h1-7,17H,(H,16,18)(H,19,20)/p-1. The summed E-state index contributed by atoms with van der Waals surface area (Å²) in [5.74, 6) is -2.11. The Morgan fingerprint density at radius 1 is 1.10 bits per heavy atom. The fraction of sp³-hybridized carbons (Fsp3) is 0. The van der Waals surface area contributed by atoms with Gasteiger partial charge >= 0.3 is 5.97 Å². The Morgan fingerprint density at radius 2 is 1.80 bits per heavy atom. The number of hydrogen-bond acceptors (Lipinski definition) is 3. The molecular formula is C14H9INO4-. The van der Waals surface area contributed by atoms with E-state index in [0.29, 0.717) is 5.56 Å². The first-order valence-corrected chi connectivity index (χ1v) is 6.67. The summed E-state index contributed by atoms with van der Waals surface area (Å²) >= 11 is 2.02. The van der Waals surface area contributed by atoms with Crippen molar-refractivity contribution in [1.82, 2.24) is 0 Å². The molecule has 0 aliphatic carbocycles. The number of amides is 1. The molecule has 0 aliphatic rings. The Labute approximate surface area is 128 Å². The molecule has 0 heterocycles. The number of carbonyl (C=O) groups is 2. The Bertz CT molecular complexity index is 685. The van der Waals surface area contributed by atoms with Gasteiger partial charge in [0.25, 0.3) is 5.91 Å². The number of rotatable bonds is 3. The van der Waals surface area contributed by atoms with E-state index in [-0.39, 0.29) is 11.3 Å². The van der Waals surface area contributed by atoms with Gasteiger partial charge in [0, 0.05) is 3.57 Å². The SMILES string of the molecule is O=C(Nc1ccc([O-])cc1C(=O)O)c1ccccc1I. The van der Waals surface area contributed by atoms with E-state index in [0.717, 1.165) is 9.64 Å². The zero-order chi connectivity index (χ0) is 14.7. The zero-order valence-electron chi connectivity index (χ0n) is 10.1. The third kappa shape index (κ3) is 3.08. The molecule has 0 atom stereocenters. The second kappa shape index (κ2) is 5.91. The summed E-state index contributed by atoms with van der Waals surface area (Å²) in [7, 11) is 0. The fourth-order valence-corrected chi connectivity index (χ4v) is 2.28. The van der Waals surface area contributed by atoms with E-state index in [4.69, 9.17) is 5.11 Å². The van der Waals surface area contributed by atoms with Crippen molar-refractivity contribution < 1.29 is 19.8 Å². The average Bonchev–Trinajstić information content (AvgIpc) is 2.41. The van der Waals surface area contributed by atoms with Crippen LogP contribution < -0.4 is 10.4 Å². The highest BCUT2D eigenvalue weighted by molar-refractivity contribution is 14.1. The molecule has 2 N–H and O–H groups in total. The quantitative estimate of drug-likeness (QED) is 0.798. The molecule has 1 amide bonds. The van der Waals surface area contributed by atoms with Gasteiger partial charge in [-0.3, -0.25) is 4.79 Å². The van der Waals surface area contributed by atoms with E-state index in [2.05, 4.69) is 5.32 Å². The predicted octanol–water partition coefficient (Wildman–Crippen LogP) is 2.32. The second-order valence-electron chi connectivity index (χ2n) is 3.95. The van der Waals surface area contributed by atoms with Crippen molar-refractivity contribution in [3.8, 4) is 5.75 Å². The van der Waals surface area contributed by atoms with E-state index in [9.17, 15) is 14.7 Å². The van der Waals surface area contributed by atoms with Gasteiger partial charge in [0.05, 0.1) is 16.8 Å². The zero-order valence-corrected chi connectivity index (χ0v) is 12.2. The molecule has 20 heavy (non-hydrogen) atoms. The molecule has 0 fully saturated rings. The molecule has 0 bridgehead atoms. The van der Waals surface area contributed by atoms with Gasteiger partial charge < -0.3 is 15.5 Å². The molecular weight excluding hydrogens is 373 g/mol. The highest BCUT2D eigenvalue weighted by Crippen LogP contribution is 2.21. The third-order valence-electron chi connectivity index (χ3n) is 2.59. The van der Waals surface area contributed by atoms with Crippen LogP contribution in [0.25, 0.3) is 0 Å². The van der Waals surface area contributed by atoms with E-state index >= 15 is 0 Å². The number of carbonyl (C=O) groups excluding carboxylic acids is 1. The van der Waals surface area contributed by atoms with Gasteiger partial charge in [-0.15, -0.1) is 5.75 Å². The van der Waals surface area contributed by atoms with E-state index < -0.39 is 17.6 Å². The van der Waals surface area contributed by atoms with Crippen LogP contribution in [0.3, 0.4) is 0 Å². The Kier molecular flexibility index (Phi) is 4.23. The summed E-state index contributed by atoms with van der Waals surface area (Å²) in [5, 5.41) is 22.7. The molecule has 5 nitrogen and oxygen atoms in total. The van der Waals surface area contributed by atoms with Crippen LogP contribution in [0.15, 0.2) is 42.5 Å². The molecule has 0 unspecified atom stereocenters. The minimum absolute atomic E-state index is 0.0988. The Balaban J connectivity index is 2.33. The maximum Gasteiger partial charge on any atom is 0.337 e. The fourth-order valence-electron chi connectivity index (χ4n) is 1.64. The van der Waals surface area contributed by atoms with Gasteiger partial charge in [-0.05, 0) is 40.8 Å². The van der Waals surface area contributed by atoms with Crippen LogP contribution in [-0.4, -0.2) is 17.0 Å². The lowest BCUT2D eigenvalue weighted by molar-refractivity contribution is -0.268. The number of nitrogens with one attached hydrogen (secondary N) is 1. The van der Waals surface area contributed by atoms with Crippen molar-refractivity contribution in [2.24, 2.45) is 0 Å². The molecule has 0 radical (unpaired) electrons. The molecule has 0 spiro atoms. The van der Waals surface area contributed by atoms with Crippen LogP contribution in [0.1, 0.15) is 20.7 Å². The summed E-state index contributed by atoms with van der Waals surface area (Å²) in [6.45, 7) is 0. The smallest absolute Gasteiger partial charge is 0.337 e. The van der Waals surface area contributed by atoms with Crippen LogP contribution in [0.5, 0.6) is 5.75 Å². The molecule has 2 aromatic carbocycles. The lowest BCUT2D eigenvalue weighted by atomic mass is 10.1. The monoisotopic (exact) mass is 382 g/mol. The van der Waals surface area contributed by atoms with Gasteiger partial charge in [0.15, 0.2) is 0 Å². The summed E-state index contributed by atoms with van der Waals surface area (Å²) in [4.78, 5) is 23.2. The first-order chi connectivity index (χ1) is 9.49. The molecule has 0 saturated carbocycles. The van der Waals surface area contributed by atoms with Gasteiger partial charge in [0.1, 0.15) is 0 Å². The highest BCUT2D eigenvalue weighted by Gasteiger charge is 2.14. The van der Waals surface area contributed by atoms with Crippen LogP contribution in [-0.2, 0) is 0 Å². The summed E-state index contributed by atoms with van der Waals surface area (Å²) in [6.07, 6.45) is 0. The van der Waals surface area contributed by atoms with Crippen molar-refractivity contribution in [2.75, 3.05) is 5.32 Å². The van der Waals surface area contributed by atoms with Crippen molar-refractivity contribution in [1.29, 1.82) is 0 Å². The maximum absolute atomic E-state index is 12.1. The van der Waals surface area contributed by atoms with Gasteiger partial charge in [-0.25, -0.2) is 4.79 Å². The van der Waals surface area contributed by atoms with E-state index in [1.54, 1.807) is 24.3 Å². The topological polar surface area (TPSA) is 89.5 Å². The number of hydrogen-bond donors (Lipinski definition) is 2. The van der Waals surface area contributed by atoms with Crippen LogP contribution in [0.4, 0.5) is 5.69 Å². The number of anilines is 1. The van der Waals surface area contributed by atoms with Gasteiger partial charge in [-0.2, -0.15) is 0 Å². The van der Waals surface area contributed by atoms with Crippen LogP contribution in [0, 0.1) is 3.57 Å². The predicted molar refractivity (Wildman–Crippen MR) is 80.0 cm³/mol. The lowest BCUT2D eigenvalue weighted by Gasteiger charge is -2.12. The molecule has 102 valence electrons. The highest BCUT2D eigenvalue weighted by atomic mass is 127. The molecule has 0 saturated heterocycles. The number of benzene rings is 2. The van der Waals surface area contributed by atoms with Gasteiger partial charge in [0.2, 0.25) is 0 Å². The number of carboxylic acid groups (broad SMARTS) is 1. The van der Waals surface area contributed by atoms with E-state index in [1.807, 2.05) is 22.6 Å². The van der Waals surface area contributed by atoms with Crippen LogP contribution in [0.2, 0.25) is 0 Å². The Hall–Kier alpha value is -2.09. The summed E-state index contributed by atoms with van der Waals surface area (Å²) in [6, 6.07) is 10.4. The number of halogens is 1. The average molecular weight is 382 g/mol. The largest absolute Gasteiger partial charge is 0.872 e.